The lowest BCUT2D eigenvalue weighted by molar-refractivity contribution is -0.121. The molecule has 3 aromatic rings. The summed E-state index contributed by atoms with van der Waals surface area (Å²) in [6.07, 6.45) is 1.43. The fraction of sp³-hybridized carbons (Fsp3) is 0.250. The van der Waals surface area contributed by atoms with E-state index in [1.165, 1.54) is 46.8 Å². The number of para-hydroxylation sites is 1. The van der Waals surface area contributed by atoms with E-state index in [1.807, 2.05) is 30.3 Å². The predicted octanol–water partition coefficient (Wildman–Crippen LogP) is 2.61. The van der Waals surface area contributed by atoms with E-state index in [0.29, 0.717) is 32.1 Å². The van der Waals surface area contributed by atoms with Gasteiger partial charge in [-0.2, -0.15) is 4.31 Å². The normalized spacial score (nSPS) is 14.6. The summed E-state index contributed by atoms with van der Waals surface area (Å²) in [7, 11) is -2.29. The summed E-state index contributed by atoms with van der Waals surface area (Å²) in [5.74, 6) is -0.947. The number of furan rings is 1. The highest BCUT2D eigenvalue weighted by atomic mass is 32.2. The summed E-state index contributed by atoms with van der Waals surface area (Å²) >= 11 is 0. The first-order valence-electron chi connectivity index (χ1n) is 10.7. The number of carbonyl (C=O) groups excluding carboxylic acids is 2. The molecule has 0 bridgehead atoms. The molecule has 0 radical (unpaired) electrons. The highest BCUT2D eigenvalue weighted by molar-refractivity contribution is 7.89. The summed E-state index contributed by atoms with van der Waals surface area (Å²) in [6, 6.07) is 18.7. The Morgan fingerprint density at radius 1 is 0.971 bits per heavy atom. The minimum Gasteiger partial charge on any atom is -0.452 e. The summed E-state index contributed by atoms with van der Waals surface area (Å²) in [6.45, 7) is 1.29. The molecule has 0 spiro atoms. The van der Waals surface area contributed by atoms with Crippen molar-refractivity contribution in [3.8, 4) is 0 Å². The summed E-state index contributed by atoms with van der Waals surface area (Å²) in [4.78, 5) is 28.1. The van der Waals surface area contributed by atoms with Gasteiger partial charge in [-0.05, 0) is 36.4 Å². The molecule has 2 heterocycles. The largest absolute Gasteiger partial charge is 0.452 e. The number of amides is 1. The van der Waals surface area contributed by atoms with E-state index < -0.39 is 28.5 Å². The molecule has 1 aromatic heterocycles. The second-order valence-electron chi connectivity index (χ2n) is 7.73. The van der Waals surface area contributed by atoms with Crippen LogP contribution in [0.2, 0.25) is 0 Å². The maximum atomic E-state index is 13.2. The molecule has 4 rings (SSSR count). The number of ether oxygens (including phenoxy) is 1. The van der Waals surface area contributed by atoms with Crippen molar-refractivity contribution in [1.82, 2.24) is 4.31 Å². The molecule has 2 aromatic carbocycles. The number of rotatable bonds is 7. The van der Waals surface area contributed by atoms with E-state index in [2.05, 4.69) is 4.90 Å². The lowest BCUT2D eigenvalue weighted by Crippen LogP contribution is -2.48. The number of esters is 1. The minimum absolute atomic E-state index is 0.00846. The van der Waals surface area contributed by atoms with Gasteiger partial charge in [-0.1, -0.05) is 24.3 Å². The Morgan fingerprint density at radius 3 is 2.38 bits per heavy atom. The van der Waals surface area contributed by atoms with Gasteiger partial charge in [0.2, 0.25) is 15.9 Å². The third-order valence-electron chi connectivity index (χ3n) is 5.61. The summed E-state index contributed by atoms with van der Waals surface area (Å²) in [5, 5.41) is 0. The fourth-order valence-corrected chi connectivity index (χ4v) is 5.12. The van der Waals surface area contributed by atoms with Crippen molar-refractivity contribution in [3.63, 3.8) is 0 Å². The Labute approximate surface area is 198 Å². The SMILES string of the molecule is CN(C(=O)COC(=O)c1cccc(S(=O)(=O)N2CCN(c3ccccc3)CC2)c1)c1ccco1. The van der Waals surface area contributed by atoms with E-state index in [1.54, 1.807) is 12.1 Å². The number of nitrogens with zero attached hydrogens (tertiary/aromatic N) is 3. The quantitative estimate of drug-likeness (QED) is 0.476. The van der Waals surface area contributed by atoms with Crippen molar-refractivity contribution < 1.29 is 27.2 Å². The summed E-state index contributed by atoms with van der Waals surface area (Å²) in [5.41, 5.74) is 1.11. The third-order valence-corrected chi connectivity index (χ3v) is 7.50. The summed E-state index contributed by atoms with van der Waals surface area (Å²) < 4.78 is 38.0. The van der Waals surface area contributed by atoms with E-state index in [9.17, 15) is 18.0 Å². The van der Waals surface area contributed by atoms with Crippen molar-refractivity contribution in [2.24, 2.45) is 0 Å². The van der Waals surface area contributed by atoms with E-state index in [4.69, 9.17) is 9.15 Å². The Hall–Kier alpha value is -3.63. The second kappa shape index (κ2) is 10.1. The molecule has 0 unspecified atom stereocenters. The van der Waals surface area contributed by atoms with Crippen LogP contribution >= 0.6 is 0 Å². The lowest BCUT2D eigenvalue weighted by atomic mass is 10.2. The van der Waals surface area contributed by atoms with E-state index in [-0.39, 0.29) is 10.5 Å². The molecule has 34 heavy (non-hydrogen) atoms. The Bertz CT molecular complexity index is 1240. The highest BCUT2D eigenvalue weighted by Gasteiger charge is 2.29. The van der Waals surface area contributed by atoms with Gasteiger partial charge < -0.3 is 14.1 Å². The lowest BCUT2D eigenvalue weighted by Gasteiger charge is -2.35. The van der Waals surface area contributed by atoms with Gasteiger partial charge in [0.25, 0.3) is 5.91 Å². The first-order chi connectivity index (χ1) is 16.4. The molecule has 10 heteroatoms. The third kappa shape index (κ3) is 5.13. The monoisotopic (exact) mass is 483 g/mol. The standard InChI is InChI=1S/C24H25N3O6S/c1-25(23-11-6-16-32-23)22(28)18-33-24(29)19-7-5-10-21(17-19)34(30,31)27-14-12-26(13-15-27)20-8-3-2-4-9-20/h2-11,16-17H,12-15,18H2,1H3. The molecule has 0 atom stereocenters. The maximum absolute atomic E-state index is 13.2. The molecular formula is C24H25N3O6S. The van der Waals surface area contributed by atoms with Crippen LogP contribution in [0.15, 0.2) is 82.3 Å². The number of hydrogen-bond donors (Lipinski definition) is 0. The van der Waals surface area contributed by atoms with Crippen LogP contribution in [0, 0.1) is 0 Å². The van der Waals surface area contributed by atoms with Crippen LogP contribution in [0.25, 0.3) is 0 Å². The van der Waals surface area contributed by atoms with Gasteiger partial charge in [-0.3, -0.25) is 9.69 Å². The average Bonchev–Trinajstić information content (AvgIpc) is 3.42. The zero-order chi connectivity index (χ0) is 24.1. The molecule has 1 fully saturated rings. The molecule has 1 saturated heterocycles. The molecule has 1 amide bonds. The van der Waals surface area contributed by atoms with Crippen molar-refractivity contribution >= 4 is 33.5 Å². The van der Waals surface area contributed by atoms with Crippen LogP contribution in [0.3, 0.4) is 0 Å². The van der Waals surface area contributed by atoms with Gasteiger partial charge >= 0.3 is 5.97 Å². The van der Waals surface area contributed by atoms with Crippen LogP contribution < -0.4 is 9.80 Å². The van der Waals surface area contributed by atoms with Gasteiger partial charge in [-0.15, -0.1) is 0 Å². The molecule has 1 aliphatic heterocycles. The molecular weight excluding hydrogens is 458 g/mol. The minimum atomic E-state index is -3.79. The van der Waals surface area contributed by atoms with Crippen LogP contribution in [-0.2, 0) is 19.6 Å². The van der Waals surface area contributed by atoms with E-state index in [0.717, 1.165) is 5.69 Å². The van der Waals surface area contributed by atoms with Gasteiger partial charge in [-0.25, -0.2) is 13.2 Å². The Balaban J connectivity index is 1.38. The Kier molecular flexibility index (Phi) is 6.99. The number of piperazine rings is 1. The van der Waals surface area contributed by atoms with Crippen LogP contribution in [0.1, 0.15) is 10.4 Å². The van der Waals surface area contributed by atoms with Crippen LogP contribution in [0.5, 0.6) is 0 Å². The van der Waals surface area contributed by atoms with E-state index >= 15 is 0 Å². The molecule has 0 aliphatic carbocycles. The fourth-order valence-electron chi connectivity index (χ4n) is 3.65. The molecule has 1 aliphatic rings. The van der Waals surface area contributed by atoms with Crippen LogP contribution in [0.4, 0.5) is 11.6 Å². The smallest absolute Gasteiger partial charge is 0.338 e. The Morgan fingerprint density at radius 2 is 1.71 bits per heavy atom. The zero-order valence-electron chi connectivity index (χ0n) is 18.7. The van der Waals surface area contributed by atoms with Gasteiger partial charge in [0.05, 0.1) is 16.7 Å². The highest BCUT2D eigenvalue weighted by Crippen LogP contribution is 2.22. The van der Waals surface area contributed by atoms with Crippen molar-refractivity contribution in [2.75, 3.05) is 49.6 Å². The van der Waals surface area contributed by atoms with Gasteiger partial charge in [0.1, 0.15) is 0 Å². The first kappa shape index (κ1) is 23.5. The zero-order valence-corrected chi connectivity index (χ0v) is 19.5. The van der Waals surface area contributed by atoms with Crippen molar-refractivity contribution in [2.45, 2.75) is 4.90 Å². The number of benzene rings is 2. The number of carbonyl (C=O) groups is 2. The van der Waals surface area contributed by atoms with Gasteiger partial charge in [0, 0.05) is 45.0 Å². The second-order valence-corrected chi connectivity index (χ2v) is 9.67. The predicted molar refractivity (Wildman–Crippen MR) is 126 cm³/mol. The number of hydrogen-bond acceptors (Lipinski definition) is 7. The first-order valence-corrected chi connectivity index (χ1v) is 12.2. The number of likely N-dealkylation sites (N-methyl/N-ethyl adjacent to an activating group) is 1. The van der Waals surface area contributed by atoms with Crippen molar-refractivity contribution in [1.29, 1.82) is 0 Å². The van der Waals surface area contributed by atoms with Crippen LogP contribution in [-0.4, -0.2) is 64.4 Å². The molecule has 9 nitrogen and oxygen atoms in total. The topological polar surface area (TPSA) is 100 Å². The maximum Gasteiger partial charge on any atom is 0.338 e. The number of anilines is 2. The molecule has 0 saturated carbocycles. The van der Waals surface area contributed by atoms with Crippen molar-refractivity contribution in [3.05, 3.63) is 78.6 Å². The molecule has 178 valence electrons. The average molecular weight is 484 g/mol. The number of sulfonamides is 1. The van der Waals surface area contributed by atoms with Gasteiger partial charge in [0.15, 0.2) is 6.61 Å². The molecule has 0 N–H and O–H groups in total.